The van der Waals surface area contributed by atoms with Crippen molar-refractivity contribution in [1.29, 1.82) is 5.26 Å². The van der Waals surface area contributed by atoms with Crippen LogP contribution in [0.3, 0.4) is 0 Å². The number of hydrogen-bond acceptors (Lipinski definition) is 4. The number of carbonyl (C=O) groups excluding carboxylic acids is 1. The van der Waals surface area contributed by atoms with E-state index in [1.807, 2.05) is 36.4 Å². The van der Waals surface area contributed by atoms with Gasteiger partial charge in [-0.15, -0.1) is 0 Å². The Hall–Kier alpha value is -2.80. The van der Waals surface area contributed by atoms with Crippen molar-refractivity contribution in [2.24, 2.45) is 0 Å². The Bertz CT molecular complexity index is 603. The largest absolute Gasteiger partial charge is 0.343 e. The van der Waals surface area contributed by atoms with Crippen molar-refractivity contribution in [3.8, 4) is 6.07 Å². The second-order valence-corrected chi connectivity index (χ2v) is 3.93. The highest BCUT2D eigenvalue weighted by atomic mass is 16.7. The summed E-state index contributed by atoms with van der Waals surface area (Å²) in [5, 5.41) is 8.75. The lowest BCUT2D eigenvalue weighted by molar-refractivity contribution is -0.139. The van der Waals surface area contributed by atoms with E-state index in [9.17, 15) is 4.79 Å². The van der Waals surface area contributed by atoms with Crippen LogP contribution in [-0.2, 0) is 16.1 Å². The number of rotatable bonds is 4. The molecule has 4 heteroatoms. The van der Waals surface area contributed by atoms with Gasteiger partial charge in [-0.3, -0.25) is 0 Å². The predicted octanol–water partition coefficient (Wildman–Crippen LogP) is 2.67. The lowest BCUT2D eigenvalue weighted by Gasteiger charge is -2.06. The predicted molar refractivity (Wildman–Crippen MR) is 71.0 cm³/mol. The van der Waals surface area contributed by atoms with Gasteiger partial charge in [0.1, 0.15) is 0 Å². The summed E-state index contributed by atoms with van der Waals surface area (Å²) in [6.07, 6.45) is 0.200. The van der Waals surface area contributed by atoms with Crippen LogP contribution in [0, 0.1) is 11.3 Å². The number of carbonyl (C=O) groups is 1. The van der Waals surface area contributed by atoms with Crippen LogP contribution in [0.5, 0.6) is 0 Å². The average molecular weight is 252 g/mol. The molecule has 0 aromatic heterocycles. The monoisotopic (exact) mass is 252 g/mol. The van der Waals surface area contributed by atoms with Crippen molar-refractivity contribution in [1.82, 2.24) is 0 Å². The maximum Gasteiger partial charge on any atom is 0.336 e. The van der Waals surface area contributed by atoms with Crippen LogP contribution in [0.1, 0.15) is 11.1 Å². The van der Waals surface area contributed by atoms with Gasteiger partial charge >= 0.3 is 5.97 Å². The van der Waals surface area contributed by atoms with Gasteiger partial charge in [0.15, 0.2) is 0 Å². The second-order valence-electron chi connectivity index (χ2n) is 3.93. The molecule has 0 fully saturated rings. The molecule has 0 saturated heterocycles. The SMILES string of the molecule is N#Cc1cccc(NOC(=O)Cc2ccccc2)c1. The van der Waals surface area contributed by atoms with Crippen LogP contribution in [0.15, 0.2) is 54.6 Å². The minimum Gasteiger partial charge on any atom is -0.343 e. The van der Waals surface area contributed by atoms with Crippen LogP contribution in [-0.4, -0.2) is 5.97 Å². The van der Waals surface area contributed by atoms with Crippen LogP contribution >= 0.6 is 0 Å². The molecule has 0 saturated carbocycles. The Morgan fingerprint density at radius 3 is 2.68 bits per heavy atom. The Balaban J connectivity index is 1.88. The fraction of sp³-hybridized carbons (Fsp3) is 0.0667. The standard InChI is InChI=1S/C15H12N2O2/c16-11-13-7-4-8-14(9-13)17-19-15(18)10-12-5-2-1-3-6-12/h1-9,17H,10H2. The van der Waals surface area contributed by atoms with Gasteiger partial charge in [0.05, 0.1) is 23.7 Å². The Kier molecular flexibility index (Phi) is 4.14. The molecule has 2 aromatic rings. The molecule has 19 heavy (non-hydrogen) atoms. The first-order valence-electron chi connectivity index (χ1n) is 5.78. The van der Waals surface area contributed by atoms with Crippen LogP contribution in [0.25, 0.3) is 0 Å². The number of nitrogens with one attached hydrogen (secondary N) is 1. The Labute approximate surface area is 111 Å². The number of nitriles is 1. The lowest BCUT2D eigenvalue weighted by atomic mass is 10.2. The fourth-order valence-electron chi connectivity index (χ4n) is 1.57. The summed E-state index contributed by atoms with van der Waals surface area (Å²) in [5.74, 6) is -0.381. The summed E-state index contributed by atoms with van der Waals surface area (Å²) >= 11 is 0. The van der Waals surface area contributed by atoms with Gasteiger partial charge in [0.2, 0.25) is 0 Å². The zero-order valence-electron chi connectivity index (χ0n) is 10.2. The van der Waals surface area contributed by atoms with Crippen molar-refractivity contribution in [3.05, 3.63) is 65.7 Å². The van der Waals surface area contributed by atoms with E-state index < -0.39 is 0 Å². The number of hydrogen-bond donors (Lipinski definition) is 1. The summed E-state index contributed by atoms with van der Waals surface area (Å²) in [6.45, 7) is 0. The van der Waals surface area contributed by atoms with E-state index in [1.54, 1.807) is 24.3 Å². The smallest absolute Gasteiger partial charge is 0.336 e. The fourth-order valence-corrected chi connectivity index (χ4v) is 1.57. The van der Waals surface area contributed by atoms with Crippen molar-refractivity contribution in [2.75, 3.05) is 5.48 Å². The first kappa shape index (κ1) is 12.7. The molecule has 0 heterocycles. The molecule has 0 bridgehead atoms. The van der Waals surface area contributed by atoms with E-state index in [2.05, 4.69) is 5.48 Å². The minimum absolute atomic E-state index is 0.200. The van der Waals surface area contributed by atoms with E-state index in [4.69, 9.17) is 10.1 Å². The maximum absolute atomic E-state index is 11.6. The van der Waals surface area contributed by atoms with Crippen LogP contribution < -0.4 is 5.48 Å². The van der Waals surface area contributed by atoms with E-state index in [1.165, 1.54) is 0 Å². The van der Waals surface area contributed by atoms with Gasteiger partial charge in [0.25, 0.3) is 0 Å². The summed E-state index contributed by atoms with van der Waals surface area (Å²) in [4.78, 5) is 16.5. The van der Waals surface area contributed by atoms with Crippen LogP contribution in [0.2, 0.25) is 0 Å². The molecule has 0 unspecified atom stereocenters. The highest BCUT2D eigenvalue weighted by molar-refractivity contribution is 5.73. The zero-order chi connectivity index (χ0) is 13.5. The van der Waals surface area contributed by atoms with E-state index >= 15 is 0 Å². The molecule has 94 valence electrons. The maximum atomic E-state index is 11.6. The van der Waals surface area contributed by atoms with E-state index in [0.717, 1.165) is 5.56 Å². The average Bonchev–Trinajstić information content (AvgIpc) is 2.46. The Morgan fingerprint density at radius 2 is 1.95 bits per heavy atom. The molecule has 2 rings (SSSR count). The number of nitrogens with zero attached hydrogens (tertiary/aromatic N) is 1. The third-order valence-corrected chi connectivity index (χ3v) is 2.47. The molecule has 0 amide bonds. The normalized spacial score (nSPS) is 9.42. The topological polar surface area (TPSA) is 62.1 Å². The van der Waals surface area contributed by atoms with Crippen molar-refractivity contribution < 1.29 is 9.63 Å². The third kappa shape index (κ3) is 3.86. The van der Waals surface area contributed by atoms with Gasteiger partial charge in [0, 0.05) is 0 Å². The van der Waals surface area contributed by atoms with Crippen molar-refractivity contribution in [2.45, 2.75) is 6.42 Å². The Morgan fingerprint density at radius 1 is 1.16 bits per heavy atom. The summed E-state index contributed by atoms with van der Waals surface area (Å²) in [7, 11) is 0. The third-order valence-electron chi connectivity index (χ3n) is 2.47. The summed E-state index contributed by atoms with van der Waals surface area (Å²) in [6, 6.07) is 18.1. The quantitative estimate of drug-likeness (QED) is 0.850. The molecule has 0 spiro atoms. The lowest BCUT2D eigenvalue weighted by Crippen LogP contribution is -2.12. The first-order chi connectivity index (χ1) is 9.28. The molecule has 0 aliphatic heterocycles. The summed E-state index contributed by atoms with van der Waals surface area (Å²) < 4.78 is 0. The van der Waals surface area contributed by atoms with Crippen molar-refractivity contribution >= 4 is 11.7 Å². The van der Waals surface area contributed by atoms with Gasteiger partial charge in [-0.05, 0) is 23.8 Å². The molecule has 0 aliphatic carbocycles. The highest BCUT2D eigenvalue weighted by Crippen LogP contribution is 2.10. The second kappa shape index (κ2) is 6.22. The molecular formula is C15H12N2O2. The molecule has 2 aromatic carbocycles. The summed E-state index contributed by atoms with van der Waals surface area (Å²) in [5.41, 5.74) is 4.50. The van der Waals surface area contributed by atoms with Gasteiger partial charge in [-0.2, -0.15) is 5.26 Å². The van der Waals surface area contributed by atoms with Gasteiger partial charge < -0.3 is 4.84 Å². The molecule has 1 N–H and O–H groups in total. The highest BCUT2D eigenvalue weighted by Gasteiger charge is 2.05. The minimum atomic E-state index is -0.381. The van der Waals surface area contributed by atoms with Crippen LogP contribution in [0.4, 0.5) is 5.69 Å². The van der Waals surface area contributed by atoms with E-state index in [-0.39, 0.29) is 12.4 Å². The van der Waals surface area contributed by atoms with Crippen molar-refractivity contribution in [3.63, 3.8) is 0 Å². The number of anilines is 1. The van der Waals surface area contributed by atoms with Gasteiger partial charge in [-0.25, -0.2) is 10.3 Å². The zero-order valence-corrected chi connectivity index (χ0v) is 10.2. The molecule has 0 atom stereocenters. The number of benzene rings is 2. The molecular weight excluding hydrogens is 240 g/mol. The van der Waals surface area contributed by atoms with Gasteiger partial charge in [-0.1, -0.05) is 36.4 Å². The first-order valence-corrected chi connectivity index (χ1v) is 5.78. The van der Waals surface area contributed by atoms with E-state index in [0.29, 0.717) is 11.3 Å². The molecule has 0 aliphatic rings. The molecule has 4 nitrogen and oxygen atoms in total. The molecule has 0 radical (unpaired) electrons.